The van der Waals surface area contributed by atoms with E-state index >= 15 is 0 Å². The molecule has 208 valence electrons. The summed E-state index contributed by atoms with van der Waals surface area (Å²) in [6.45, 7) is 2.01. The molecular weight excluding hydrogens is 508 g/mol. The Kier molecular flexibility index (Phi) is 7.73. The van der Waals surface area contributed by atoms with Crippen molar-refractivity contribution in [3.8, 4) is 22.5 Å². The van der Waals surface area contributed by atoms with Gasteiger partial charge in [-0.1, -0.05) is 18.9 Å². The van der Waals surface area contributed by atoms with Crippen LogP contribution in [0.25, 0.3) is 22.5 Å². The number of aromatic nitrogens is 4. The molecule has 40 heavy (non-hydrogen) atoms. The first-order valence-corrected chi connectivity index (χ1v) is 14.2. The van der Waals surface area contributed by atoms with Crippen molar-refractivity contribution in [3.63, 3.8) is 0 Å². The highest BCUT2D eigenvalue weighted by molar-refractivity contribution is 5.66. The molecule has 2 fully saturated rings. The Morgan fingerprint density at radius 1 is 0.800 bits per heavy atom. The van der Waals surface area contributed by atoms with Gasteiger partial charge >= 0.3 is 0 Å². The summed E-state index contributed by atoms with van der Waals surface area (Å²) in [5.41, 5.74) is 3.69. The minimum absolute atomic E-state index is 0.252. The maximum atomic E-state index is 13.8. The Bertz CT molecular complexity index is 1440. The van der Waals surface area contributed by atoms with Crippen LogP contribution in [0.1, 0.15) is 38.5 Å². The predicted molar refractivity (Wildman–Crippen MR) is 154 cm³/mol. The summed E-state index contributed by atoms with van der Waals surface area (Å²) in [5.74, 6) is -0.183. The van der Waals surface area contributed by atoms with Crippen molar-refractivity contribution in [3.05, 3.63) is 78.8 Å². The third-order valence-corrected chi connectivity index (χ3v) is 8.07. The molecule has 4 aromatic rings. The minimum Gasteiger partial charge on any atom is -0.370 e. The number of hydrogen-bond donors (Lipinski definition) is 2. The van der Waals surface area contributed by atoms with Gasteiger partial charge in [-0.3, -0.25) is 4.68 Å². The smallest absolute Gasteiger partial charge is 0.181 e. The number of rotatable bonds is 7. The molecule has 6 rings (SSSR count). The highest BCUT2D eigenvalue weighted by Gasteiger charge is 2.29. The number of pyridine rings is 1. The molecule has 7 nitrogen and oxygen atoms in total. The molecular formula is C31H35F2N7. The van der Waals surface area contributed by atoms with Crippen molar-refractivity contribution in [1.29, 1.82) is 0 Å². The first-order chi connectivity index (χ1) is 19.5. The van der Waals surface area contributed by atoms with Crippen molar-refractivity contribution in [2.75, 3.05) is 23.3 Å². The van der Waals surface area contributed by atoms with Gasteiger partial charge in [0, 0.05) is 55.7 Å². The second-order valence-electron chi connectivity index (χ2n) is 10.9. The topological polar surface area (TPSA) is 70.9 Å². The zero-order valence-corrected chi connectivity index (χ0v) is 22.7. The van der Waals surface area contributed by atoms with Crippen LogP contribution in [0.5, 0.6) is 0 Å². The molecule has 9 heteroatoms. The Morgan fingerprint density at radius 2 is 1.57 bits per heavy atom. The fourth-order valence-electron chi connectivity index (χ4n) is 6.00. The van der Waals surface area contributed by atoms with E-state index in [0.717, 1.165) is 61.5 Å². The first-order valence-electron chi connectivity index (χ1n) is 14.2. The molecule has 3 heterocycles. The summed E-state index contributed by atoms with van der Waals surface area (Å²) in [6.07, 6.45) is 10.3. The van der Waals surface area contributed by atoms with Crippen molar-refractivity contribution in [2.45, 2.75) is 56.7 Å². The maximum Gasteiger partial charge on any atom is 0.181 e. The number of nitrogens with zero attached hydrogens (tertiary/aromatic N) is 5. The SMILES string of the molecule is Cn1cnc(-c2ccc(N3CCC[C@H](N[C@@H]4CCCC[C@H]4Nc4cc(-c5ccc(F)c(F)c5)ccn4)C3)cc2)n1. The van der Waals surface area contributed by atoms with Crippen molar-refractivity contribution in [1.82, 2.24) is 25.1 Å². The van der Waals surface area contributed by atoms with Gasteiger partial charge in [-0.25, -0.2) is 18.7 Å². The molecule has 2 N–H and O–H groups in total. The standard InChI is InChI=1S/C31H35F2N7/c1-39-20-35-31(38-39)21-8-11-25(12-9-21)40-16-4-5-24(19-40)36-28-6-2-3-7-29(28)37-30-18-23(14-15-34-30)22-10-13-26(32)27(33)17-22/h8-15,17-18,20,24,28-29,36H,2-7,16,19H2,1H3,(H,34,37)/t24-,28+,29+/m0/s1. The lowest BCUT2D eigenvalue weighted by Crippen LogP contribution is -2.54. The van der Waals surface area contributed by atoms with Gasteiger partial charge in [0.2, 0.25) is 0 Å². The van der Waals surface area contributed by atoms with Gasteiger partial charge in [-0.2, -0.15) is 5.10 Å². The van der Waals surface area contributed by atoms with E-state index in [2.05, 4.69) is 54.9 Å². The minimum atomic E-state index is -0.844. The summed E-state index contributed by atoms with van der Waals surface area (Å²) in [7, 11) is 1.88. The van der Waals surface area contributed by atoms with Gasteiger partial charge in [0.1, 0.15) is 12.1 Å². The number of nitrogens with one attached hydrogen (secondary N) is 2. The molecule has 2 aliphatic rings. The molecule has 0 spiro atoms. The molecule has 3 atom stereocenters. The first kappa shape index (κ1) is 26.4. The lowest BCUT2D eigenvalue weighted by atomic mass is 9.89. The molecule has 0 unspecified atom stereocenters. The Morgan fingerprint density at radius 3 is 2.35 bits per heavy atom. The van der Waals surface area contributed by atoms with Crippen LogP contribution < -0.4 is 15.5 Å². The van der Waals surface area contributed by atoms with Crippen molar-refractivity contribution >= 4 is 11.5 Å². The number of anilines is 2. The van der Waals surface area contributed by atoms with E-state index in [1.807, 2.05) is 19.2 Å². The van der Waals surface area contributed by atoms with E-state index in [0.29, 0.717) is 17.6 Å². The van der Waals surface area contributed by atoms with Crippen LogP contribution in [0.2, 0.25) is 0 Å². The Hall–Kier alpha value is -3.85. The normalized spacial score (nSPS) is 21.4. The third-order valence-electron chi connectivity index (χ3n) is 8.07. The molecule has 1 saturated carbocycles. The van der Waals surface area contributed by atoms with E-state index in [1.165, 1.54) is 30.7 Å². The Balaban J connectivity index is 1.10. The second-order valence-corrected chi connectivity index (χ2v) is 10.9. The van der Waals surface area contributed by atoms with E-state index in [1.54, 1.807) is 23.3 Å². The molecule has 0 bridgehead atoms. The van der Waals surface area contributed by atoms with Gasteiger partial charge in [0.25, 0.3) is 0 Å². The van der Waals surface area contributed by atoms with Gasteiger partial charge in [0.15, 0.2) is 17.5 Å². The maximum absolute atomic E-state index is 13.8. The lowest BCUT2D eigenvalue weighted by molar-refractivity contribution is 0.293. The molecule has 2 aromatic carbocycles. The van der Waals surface area contributed by atoms with E-state index in [-0.39, 0.29) is 6.04 Å². The van der Waals surface area contributed by atoms with E-state index in [4.69, 9.17) is 0 Å². The second kappa shape index (κ2) is 11.7. The monoisotopic (exact) mass is 543 g/mol. The van der Waals surface area contributed by atoms with Gasteiger partial charge in [0.05, 0.1) is 0 Å². The van der Waals surface area contributed by atoms with Crippen LogP contribution in [0, 0.1) is 11.6 Å². The molecule has 1 aliphatic heterocycles. The average Bonchev–Trinajstić information content (AvgIpc) is 3.42. The van der Waals surface area contributed by atoms with Crippen molar-refractivity contribution < 1.29 is 8.78 Å². The number of halogens is 2. The summed E-state index contributed by atoms with van der Waals surface area (Å²) in [6, 6.07) is 17.3. The quantitative estimate of drug-likeness (QED) is 0.307. The van der Waals surface area contributed by atoms with E-state index < -0.39 is 11.6 Å². The van der Waals surface area contributed by atoms with Crippen LogP contribution in [0.15, 0.2) is 67.1 Å². The molecule has 0 amide bonds. The van der Waals surface area contributed by atoms with E-state index in [9.17, 15) is 8.78 Å². The number of benzene rings is 2. The summed E-state index contributed by atoms with van der Waals surface area (Å²) in [4.78, 5) is 11.4. The summed E-state index contributed by atoms with van der Waals surface area (Å²) >= 11 is 0. The van der Waals surface area contributed by atoms with Crippen LogP contribution >= 0.6 is 0 Å². The largest absolute Gasteiger partial charge is 0.370 e. The molecule has 0 radical (unpaired) electrons. The zero-order valence-electron chi connectivity index (χ0n) is 22.7. The molecule has 1 aliphatic carbocycles. The van der Waals surface area contributed by atoms with Gasteiger partial charge in [-0.15, -0.1) is 0 Å². The van der Waals surface area contributed by atoms with Crippen LogP contribution in [-0.2, 0) is 7.05 Å². The highest BCUT2D eigenvalue weighted by Crippen LogP contribution is 2.28. The molecule has 2 aromatic heterocycles. The third kappa shape index (κ3) is 5.99. The fourth-order valence-corrected chi connectivity index (χ4v) is 6.00. The number of piperidine rings is 1. The lowest BCUT2D eigenvalue weighted by Gasteiger charge is -2.40. The van der Waals surface area contributed by atoms with Crippen LogP contribution in [0.3, 0.4) is 0 Å². The fraction of sp³-hybridized carbons (Fsp3) is 0.387. The number of hydrogen-bond acceptors (Lipinski definition) is 6. The van der Waals surface area contributed by atoms with Gasteiger partial charge in [-0.05, 0) is 85.3 Å². The molecule has 1 saturated heterocycles. The van der Waals surface area contributed by atoms with Crippen LogP contribution in [-0.4, -0.2) is 51.0 Å². The average molecular weight is 544 g/mol. The predicted octanol–water partition coefficient (Wildman–Crippen LogP) is 5.80. The van der Waals surface area contributed by atoms with Crippen molar-refractivity contribution in [2.24, 2.45) is 7.05 Å². The zero-order chi connectivity index (χ0) is 27.5. The summed E-state index contributed by atoms with van der Waals surface area (Å²) < 4.78 is 29.0. The summed E-state index contributed by atoms with van der Waals surface area (Å²) in [5, 5.41) is 12.0. The number of aryl methyl sites for hydroxylation is 1. The Labute approximate surface area is 233 Å². The van der Waals surface area contributed by atoms with Gasteiger partial charge < -0.3 is 15.5 Å². The van der Waals surface area contributed by atoms with Crippen LogP contribution in [0.4, 0.5) is 20.3 Å². The highest BCUT2D eigenvalue weighted by atomic mass is 19.2.